The normalized spacial score (nSPS) is 13.2. The summed E-state index contributed by atoms with van der Waals surface area (Å²) in [4.78, 5) is 0. The molecule has 0 bridgehead atoms. The third-order valence-corrected chi connectivity index (χ3v) is 4.08. The SMILES string of the molecule is Cc1c(CCC(C)N)c2cccc(Br)c2n1C. The average Bonchev–Trinajstić information content (AvgIpc) is 2.51. The Balaban J connectivity index is 2.55. The zero-order chi connectivity index (χ0) is 12.6. The maximum Gasteiger partial charge on any atom is 0.0627 e. The summed E-state index contributed by atoms with van der Waals surface area (Å²) in [6.45, 7) is 4.25. The molecular weight excluding hydrogens is 276 g/mol. The minimum Gasteiger partial charge on any atom is -0.347 e. The molecule has 17 heavy (non-hydrogen) atoms. The molecule has 1 heterocycles. The number of benzene rings is 1. The highest BCUT2D eigenvalue weighted by molar-refractivity contribution is 9.10. The van der Waals surface area contributed by atoms with Crippen molar-refractivity contribution < 1.29 is 0 Å². The minimum absolute atomic E-state index is 0.261. The molecule has 0 saturated heterocycles. The van der Waals surface area contributed by atoms with Crippen LogP contribution in [0.5, 0.6) is 0 Å². The highest BCUT2D eigenvalue weighted by atomic mass is 79.9. The van der Waals surface area contributed by atoms with Gasteiger partial charge in [0.05, 0.1) is 5.52 Å². The van der Waals surface area contributed by atoms with E-state index in [1.165, 1.54) is 22.2 Å². The molecule has 1 atom stereocenters. The molecule has 1 aromatic heterocycles. The molecule has 0 amide bonds. The van der Waals surface area contributed by atoms with Crippen LogP contribution < -0.4 is 5.73 Å². The number of halogens is 1. The van der Waals surface area contributed by atoms with Crippen LogP contribution >= 0.6 is 15.9 Å². The van der Waals surface area contributed by atoms with Crippen molar-refractivity contribution >= 4 is 26.8 Å². The fourth-order valence-corrected chi connectivity index (χ4v) is 2.98. The largest absolute Gasteiger partial charge is 0.347 e. The first-order valence-electron chi connectivity index (χ1n) is 6.00. The van der Waals surface area contributed by atoms with Gasteiger partial charge in [-0.05, 0) is 54.2 Å². The lowest BCUT2D eigenvalue weighted by atomic mass is 10.0. The van der Waals surface area contributed by atoms with E-state index in [1.807, 2.05) is 0 Å². The molecule has 0 fully saturated rings. The van der Waals surface area contributed by atoms with E-state index in [9.17, 15) is 0 Å². The summed E-state index contributed by atoms with van der Waals surface area (Å²) in [6, 6.07) is 6.65. The van der Waals surface area contributed by atoms with Crippen LogP contribution in [0.2, 0.25) is 0 Å². The Morgan fingerprint density at radius 2 is 2.12 bits per heavy atom. The molecule has 0 radical (unpaired) electrons. The van der Waals surface area contributed by atoms with Gasteiger partial charge in [0.25, 0.3) is 0 Å². The van der Waals surface area contributed by atoms with E-state index >= 15 is 0 Å². The van der Waals surface area contributed by atoms with Gasteiger partial charge in [0.15, 0.2) is 0 Å². The van der Waals surface area contributed by atoms with Crippen molar-refractivity contribution in [1.29, 1.82) is 0 Å². The Kier molecular flexibility index (Phi) is 3.59. The quantitative estimate of drug-likeness (QED) is 0.922. The third kappa shape index (κ3) is 2.26. The van der Waals surface area contributed by atoms with Crippen LogP contribution in [0.3, 0.4) is 0 Å². The van der Waals surface area contributed by atoms with Crippen molar-refractivity contribution in [2.45, 2.75) is 32.7 Å². The molecule has 2 aromatic rings. The van der Waals surface area contributed by atoms with Gasteiger partial charge in [-0.2, -0.15) is 0 Å². The predicted molar refractivity (Wildman–Crippen MR) is 77.3 cm³/mol. The lowest BCUT2D eigenvalue weighted by Gasteiger charge is -2.05. The minimum atomic E-state index is 0.261. The summed E-state index contributed by atoms with van der Waals surface area (Å²) in [5, 5.41) is 1.35. The number of fused-ring (bicyclic) bond motifs is 1. The van der Waals surface area contributed by atoms with Crippen LogP contribution in [0.25, 0.3) is 10.9 Å². The van der Waals surface area contributed by atoms with Crippen molar-refractivity contribution in [2.75, 3.05) is 0 Å². The van der Waals surface area contributed by atoms with Crippen LogP contribution in [-0.4, -0.2) is 10.6 Å². The van der Waals surface area contributed by atoms with Gasteiger partial charge >= 0.3 is 0 Å². The number of aromatic nitrogens is 1. The monoisotopic (exact) mass is 294 g/mol. The summed E-state index contributed by atoms with van der Waals surface area (Å²) >= 11 is 3.63. The van der Waals surface area contributed by atoms with Gasteiger partial charge in [0.1, 0.15) is 0 Å². The molecule has 0 aliphatic carbocycles. The number of aryl methyl sites for hydroxylation is 2. The number of para-hydroxylation sites is 1. The van der Waals surface area contributed by atoms with E-state index in [4.69, 9.17) is 5.73 Å². The van der Waals surface area contributed by atoms with Crippen LogP contribution in [0.1, 0.15) is 24.6 Å². The molecule has 0 aliphatic heterocycles. The van der Waals surface area contributed by atoms with Gasteiger partial charge in [0, 0.05) is 28.6 Å². The highest BCUT2D eigenvalue weighted by Gasteiger charge is 2.13. The van der Waals surface area contributed by atoms with Crippen LogP contribution in [0.15, 0.2) is 22.7 Å². The van der Waals surface area contributed by atoms with Gasteiger partial charge in [0.2, 0.25) is 0 Å². The van der Waals surface area contributed by atoms with E-state index < -0.39 is 0 Å². The zero-order valence-corrected chi connectivity index (χ0v) is 12.2. The van der Waals surface area contributed by atoms with Crippen molar-refractivity contribution in [3.63, 3.8) is 0 Å². The highest BCUT2D eigenvalue weighted by Crippen LogP contribution is 2.31. The second-order valence-electron chi connectivity index (χ2n) is 4.77. The van der Waals surface area contributed by atoms with Gasteiger partial charge in [-0.25, -0.2) is 0 Å². The van der Waals surface area contributed by atoms with Crippen molar-refractivity contribution in [3.05, 3.63) is 33.9 Å². The predicted octanol–water partition coefficient (Wildman–Crippen LogP) is 3.53. The zero-order valence-electron chi connectivity index (χ0n) is 10.6. The van der Waals surface area contributed by atoms with Crippen LogP contribution in [-0.2, 0) is 13.5 Å². The molecule has 0 aliphatic rings. The van der Waals surface area contributed by atoms with Crippen LogP contribution in [0.4, 0.5) is 0 Å². The smallest absolute Gasteiger partial charge is 0.0627 e. The standard InChI is InChI=1S/C14H19BrN2/c1-9(16)7-8-11-10(2)17(3)14-12(11)5-4-6-13(14)15/h4-6,9H,7-8,16H2,1-3H3. The molecule has 1 aromatic carbocycles. The number of rotatable bonds is 3. The lowest BCUT2D eigenvalue weighted by molar-refractivity contribution is 0.664. The molecule has 2 N–H and O–H groups in total. The lowest BCUT2D eigenvalue weighted by Crippen LogP contribution is -2.15. The summed E-state index contributed by atoms with van der Waals surface area (Å²) in [5.74, 6) is 0. The summed E-state index contributed by atoms with van der Waals surface area (Å²) < 4.78 is 3.42. The Morgan fingerprint density at radius 3 is 2.76 bits per heavy atom. The van der Waals surface area contributed by atoms with Gasteiger partial charge in [-0.15, -0.1) is 0 Å². The molecular formula is C14H19BrN2. The summed E-state index contributed by atoms with van der Waals surface area (Å²) in [6.07, 6.45) is 2.09. The molecule has 0 spiro atoms. The maximum atomic E-state index is 5.86. The summed E-state index contributed by atoms with van der Waals surface area (Å²) in [5.41, 5.74) is 9.91. The first kappa shape index (κ1) is 12.7. The second kappa shape index (κ2) is 4.83. The van der Waals surface area contributed by atoms with Crippen molar-refractivity contribution in [1.82, 2.24) is 4.57 Å². The number of hydrogen-bond acceptors (Lipinski definition) is 1. The van der Waals surface area contributed by atoms with E-state index in [2.05, 4.69) is 59.6 Å². The maximum absolute atomic E-state index is 5.86. The topological polar surface area (TPSA) is 30.9 Å². The second-order valence-corrected chi connectivity index (χ2v) is 5.63. The van der Waals surface area contributed by atoms with Gasteiger partial charge in [-0.3, -0.25) is 0 Å². The fraction of sp³-hybridized carbons (Fsp3) is 0.429. The number of nitrogens with two attached hydrogens (primary N) is 1. The third-order valence-electron chi connectivity index (χ3n) is 3.44. The van der Waals surface area contributed by atoms with E-state index in [0.717, 1.165) is 17.3 Å². The molecule has 3 heteroatoms. The number of hydrogen-bond donors (Lipinski definition) is 1. The van der Waals surface area contributed by atoms with Gasteiger partial charge < -0.3 is 10.3 Å². The van der Waals surface area contributed by atoms with Crippen LogP contribution in [0, 0.1) is 6.92 Å². The fourth-order valence-electron chi connectivity index (χ4n) is 2.35. The van der Waals surface area contributed by atoms with Gasteiger partial charge in [-0.1, -0.05) is 12.1 Å². The van der Waals surface area contributed by atoms with Crippen molar-refractivity contribution in [2.24, 2.45) is 12.8 Å². The molecule has 2 rings (SSSR count). The Bertz CT molecular complexity index is 541. The first-order valence-corrected chi connectivity index (χ1v) is 6.79. The Labute approximate surface area is 111 Å². The van der Waals surface area contributed by atoms with E-state index in [-0.39, 0.29) is 6.04 Å². The molecule has 2 nitrogen and oxygen atoms in total. The van der Waals surface area contributed by atoms with E-state index in [1.54, 1.807) is 0 Å². The van der Waals surface area contributed by atoms with Crippen molar-refractivity contribution in [3.8, 4) is 0 Å². The molecule has 92 valence electrons. The molecule has 0 saturated carbocycles. The Morgan fingerprint density at radius 1 is 1.41 bits per heavy atom. The summed E-state index contributed by atoms with van der Waals surface area (Å²) in [7, 11) is 2.12. The average molecular weight is 295 g/mol. The Hall–Kier alpha value is -0.800. The first-order chi connectivity index (χ1) is 8.02. The number of nitrogens with zero attached hydrogens (tertiary/aromatic N) is 1. The van der Waals surface area contributed by atoms with E-state index in [0.29, 0.717) is 0 Å². The molecule has 1 unspecified atom stereocenters.